The highest BCUT2D eigenvalue weighted by molar-refractivity contribution is 7.90. The molecule has 0 saturated carbocycles. The first-order valence-electron chi connectivity index (χ1n) is 6.65. The van der Waals surface area contributed by atoms with Gasteiger partial charge in [0, 0.05) is 24.4 Å². The fourth-order valence-corrected chi connectivity index (χ4v) is 3.81. The van der Waals surface area contributed by atoms with Crippen molar-refractivity contribution in [3.05, 3.63) is 23.8 Å². The Balaban J connectivity index is 2.48. The Kier molecular flexibility index (Phi) is 4.36. The summed E-state index contributed by atoms with van der Waals surface area (Å²) in [4.78, 5) is 2.46. The fourth-order valence-electron chi connectivity index (χ4n) is 2.95. The van der Waals surface area contributed by atoms with E-state index >= 15 is 0 Å². The number of sulfone groups is 1. The highest BCUT2D eigenvalue weighted by Crippen LogP contribution is 2.40. The monoisotopic (exact) mass is 298 g/mol. The van der Waals surface area contributed by atoms with E-state index in [0.29, 0.717) is 18.2 Å². The molecule has 2 atom stereocenters. The first kappa shape index (κ1) is 15.3. The molecule has 1 fully saturated rings. The SMILES string of the molecule is COc1c(C2CC(CN)CN2C)cccc1S(C)(=O)=O. The minimum Gasteiger partial charge on any atom is -0.495 e. The Hall–Kier alpha value is -1.11. The van der Waals surface area contributed by atoms with Crippen molar-refractivity contribution in [1.82, 2.24) is 4.90 Å². The van der Waals surface area contributed by atoms with Gasteiger partial charge in [0.25, 0.3) is 0 Å². The normalized spacial score (nSPS) is 24.0. The smallest absolute Gasteiger partial charge is 0.179 e. The van der Waals surface area contributed by atoms with E-state index in [1.807, 2.05) is 13.1 Å². The molecule has 0 aliphatic carbocycles. The van der Waals surface area contributed by atoms with E-state index in [0.717, 1.165) is 18.5 Å². The molecule has 1 saturated heterocycles. The first-order valence-corrected chi connectivity index (χ1v) is 8.55. The number of likely N-dealkylation sites (tertiary alicyclic amines) is 1. The lowest BCUT2D eigenvalue weighted by molar-refractivity contribution is 0.301. The van der Waals surface area contributed by atoms with E-state index in [9.17, 15) is 8.42 Å². The van der Waals surface area contributed by atoms with Crippen LogP contribution in [0.5, 0.6) is 5.75 Å². The zero-order chi connectivity index (χ0) is 14.9. The molecule has 1 aromatic carbocycles. The molecule has 2 N–H and O–H groups in total. The summed E-state index contributed by atoms with van der Waals surface area (Å²) in [6.45, 7) is 1.57. The zero-order valence-corrected chi connectivity index (χ0v) is 13.0. The number of para-hydroxylation sites is 1. The molecule has 0 amide bonds. The molecule has 5 nitrogen and oxygen atoms in total. The summed E-state index contributed by atoms with van der Waals surface area (Å²) in [6.07, 6.45) is 2.13. The second-order valence-electron chi connectivity index (χ2n) is 5.44. The second kappa shape index (κ2) is 5.71. The maximum Gasteiger partial charge on any atom is 0.179 e. The number of methoxy groups -OCH3 is 1. The first-order chi connectivity index (χ1) is 9.38. The molecule has 6 heteroatoms. The minimum atomic E-state index is -3.30. The van der Waals surface area contributed by atoms with Crippen molar-refractivity contribution >= 4 is 9.84 Å². The van der Waals surface area contributed by atoms with Gasteiger partial charge in [0.1, 0.15) is 10.6 Å². The molecule has 0 aromatic heterocycles. The predicted molar refractivity (Wildman–Crippen MR) is 78.6 cm³/mol. The van der Waals surface area contributed by atoms with Crippen LogP contribution >= 0.6 is 0 Å². The molecular weight excluding hydrogens is 276 g/mol. The summed E-state index contributed by atoms with van der Waals surface area (Å²) in [7, 11) is 0.249. The predicted octanol–water partition coefficient (Wildman–Crippen LogP) is 1.05. The number of hydrogen-bond donors (Lipinski definition) is 1. The van der Waals surface area contributed by atoms with Crippen LogP contribution in [0.15, 0.2) is 23.1 Å². The van der Waals surface area contributed by atoms with E-state index in [-0.39, 0.29) is 10.9 Å². The largest absolute Gasteiger partial charge is 0.495 e. The van der Waals surface area contributed by atoms with Gasteiger partial charge in [-0.25, -0.2) is 8.42 Å². The van der Waals surface area contributed by atoms with E-state index in [1.54, 1.807) is 12.1 Å². The van der Waals surface area contributed by atoms with Crippen LogP contribution in [0.4, 0.5) is 0 Å². The average molecular weight is 298 g/mol. The molecule has 0 spiro atoms. The van der Waals surface area contributed by atoms with Gasteiger partial charge in [-0.2, -0.15) is 0 Å². The number of nitrogens with two attached hydrogens (primary N) is 1. The third-order valence-electron chi connectivity index (χ3n) is 3.94. The fraction of sp³-hybridized carbons (Fsp3) is 0.571. The van der Waals surface area contributed by atoms with Crippen molar-refractivity contribution in [2.45, 2.75) is 17.4 Å². The van der Waals surface area contributed by atoms with Crippen LogP contribution < -0.4 is 10.5 Å². The van der Waals surface area contributed by atoms with Gasteiger partial charge in [-0.3, -0.25) is 4.90 Å². The Bertz CT molecular complexity index is 586. The quantitative estimate of drug-likeness (QED) is 0.899. The van der Waals surface area contributed by atoms with E-state index in [4.69, 9.17) is 10.5 Å². The van der Waals surface area contributed by atoms with Crippen LogP contribution in [0.2, 0.25) is 0 Å². The van der Waals surface area contributed by atoms with Gasteiger partial charge in [0.15, 0.2) is 9.84 Å². The Morgan fingerprint density at radius 2 is 2.15 bits per heavy atom. The lowest BCUT2D eigenvalue weighted by Gasteiger charge is -2.23. The zero-order valence-electron chi connectivity index (χ0n) is 12.2. The molecule has 2 rings (SSSR count). The molecule has 1 aromatic rings. The van der Waals surface area contributed by atoms with Crippen molar-refractivity contribution in [3.8, 4) is 5.75 Å². The Morgan fingerprint density at radius 1 is 1.45 bits per heavy atom. The molecule has 1 aliphatic rings. The summed E-state index contributed by atoms with van der Waals surface area (Å²) >= 11 is 0. The van der Waals surface area contributed by atoms with Gasteiger partial charge in [0.05, 0.1) is 7.11 Å². The number of ether oxygens (including phenoxy) is 1. The topological polar surface area (TPSA) is 72.6 Å². The standard InChI is InChI=1S/C14H22N2O3S/c1-16-9-10(8-15)7-12(16)11-5-4-6-13(14(11)19-2)20(3,17)18/h4-6,10,12H,7-9,15H2,1-3H3. The van der Waals surface area contributed by atoms with Gasteiger partial charge >= 0.3 is 0 Å². The number of hydrogen-bond acceptors (Lipinski definition) is 5. The van der Waals surface area contributed by atoms with Gasteiger partial charge < -0.3 is 10.5 Å². The summed E-state index contributed by atoms with van der Waals surface area (Å²) in [6, 6.07) is 5.46. The van der Waals surface area contributed by atoms with Crippen molar-refractivity contribution in [2.75, 3.05) is 33.5 Å². The van der Waals surface area contributed by atoms with E-state index < -0.39 is 9.84 Å². The summed E-state index contributed by atoms with van der Waals surface area (Å²) in [5.74, 6) is 0.904. The molecule has 1 heterocycles. The molecule has 2 unspecified atom stereocenters. The number of benzene rings is 1. The van der Waals surface area contributed by atoms with Gasteiger partial charge in [-0.05, 0) is 32.0 Å². The summed E-state index contributed by atoms with van der Waals surface area (Å²) < 4.78 is 29.1. The van der Waals surface area contributed by atoms with Crippen LogP contribution in [0, 0.1) is 5.92 Å². The Labute approximate surface area is 120 Å². The highest BCUT2D eigenvalue weighted by atomic mass is 32.2. The lowest BCUT2D eigenvalue weighted by atomic mass is 9.99. The van der Waals surface area contributed by atoms with Gasteiger partial charge in [-0.15, -0.1) is 0 Å². The van der Waals surface area contributed by atoms with Crippen molar-refractivity contribution in [1.29, 1.82) is 0 Å². The summed E-state index contributed by atoms with van der Waals surface area (Å²) in [5, 5.41) is 0. The molecule has 20 heavy (non-hydrogen) atoms. The highest BCUT2D eigenvalue weighted by Gasteiger charge is 2.33. The molecule has 112 valence electrons. The third kappa shape index (κ3) is 2.82. The van der Waals surface area contributed by atoms with Crippen molar-refractivity contribution in [3.63, 3.8) is 0 Å². The lowest BCUT2D eigenvalue weighted by Crippen LogP contribution is -2.21. The molecular formula is C14H22N2O3S. The van der Waals surface area contributed by atoms with Crippen LogP contribution in [-0.4, -0.2) is 46.8 Å². The van der Waals surface area contributed by atoms with Crippen LogP contribution in [-0.2, 0) is 9.84 Å². The number of rotatable bonds is 4. The average Bonchev–Trinajstić information content (AvgIpc) is 2.78. The maximum atomic E-state index is 11.9. The van der Waals surface area contributed by atoms with Crippen LogP contribution in [0.25, 0.3) is 0 Å². The summed E-state index contributed by atoms with van der Waals surface area (Å²) in [5.41, 5.74) is 6.68. The molecule has 0 radical (unpaired) electrons. The van der Waals surface area contributed by atoms with Gasteiger partial charge in [0.2, 0.25) is 0 Å². The van der Waals surface area contributed by atoms with Crippen molar-refractivity contribution in [2.24, 2.45) is 11.7 Å². The molecule has 1 aliphatic heterocycles. The Morgan fingerprint density at radius 3 is 2.65 bits per heavy atom. The third-order valence-corrected chi connectivity index (χ3v) is 5.06. The van der Waals surface area contributed by atoms with Crippen LogP contribution in [0.1, 0.15) is 18.0 Å². The van der Waals surface area contributed by atoms with E-state index in [2.05, 4.69) is 4.90 Å². The molecule has 0 bridgehead atoms. The van der Waals surface area contributed by atoms with Gasteiger partial charge in [-0.1, -0.05) is 12.1 Å². The minimum absolute atomic E-state index is 0.153. The number of nitrogens with zero attached hydrogens (tertiary/aromatic N) is 1. The maximum absolute atomic E-state index is 11.9. The second-order valence-corrected chi connectivity index (χ2v) is 7.43. The van der Waals surface area contributed by atoms with E-state index in [1.165, 1.54) is 13.4 Å². The van der Waals surface area contributed by atoms with Crippen molar-refractivity contribution < 1.29 is 13.2 Å². The van der Waals surface area contributed by atoms with Crippen LogP contribution in [0.3, 0.4) is 0 Å².